The Morgan fingerprint density at radius 1 is 1.47 bits per heavy atom. The lowest BCUT2D eigenvalue weighted by atomic mass is 10.1. The summed E-state index contributed by atoms with van der Waals surface area (Å²) >= 11 is 6.10. The van der Waals surface area contributed by atoms with Crippen LogP contribution in [0.4, 0.5) is 0 Å². The summed E-state index contributed by atoms with van der Waals surface area (Å²) in [5.41, 5.74) is 2.41. The number of ether oxygens (including phenoxy) is 1. The summed E-state index contributed by atoms with van der Waals surface area (Å²) in [6.45, 7) is 4.62. The largest absolute Gasteiger partial charge is 0.493 e. The van der Waals surface area contributed by atoms with E-state index in [-0.39, 0.29) is 0 Å². The molecule has 0 unspecified atom stereocenters. The monoisotopic (exact) mass is 251 g/mol. The van der Waals surface area contributed by atoms with Crippen LogP contribution in [-0.2, 0) is 13.0 Å². The summed E-state index contributed by atoms with van der Waals surface area (Å²) in [5.74, 6) is 1.04. The van der Waals surface area contributed by atoms with Crippen molar-refractivity contribution in [1.82, 2.24) is 5.32 Å². The van der Waals surface area contributed by atoms with Gasteiger partial charge >= 0.3 is 0 Å². The normalized spacial score (nSPS) is 14.0. The van der Waals surface area contributed by atoms with Crippen LogP contribution in [0.15, 0.2) is 24.3 Å². The molecule has 0 amide bonds. The molecule has 0 bridgehead atoms. The zero-order valence-electron chi connectivity index (χ0n) is 10.1. The number of rotatable bonds is 5. The Hall–Kier alpha value is -0.990. The smallest absolute Gasteiger partial charge is 0.127 e. The third kappa shape index (κ3) is 3.24. The average Bonchev–Trinajstić information content (AvgIpc) is 2.76. The predicted octanol–water partition coefficient (Wildman–Crippen LogP) is 3.33. The highest BCUT2D eigenvalue weighted by Gasteiger charge is 2.16. The van der Waals surface area contributed by atoms with Gasteiger partial charge in [0.1, 0.15) is 5.75 Å². The highest BCUT2D eigenvalue weighted by atomic mass is 35.5. The predicted molar refractivity (Wildman–Crippen MR) is 71.8 cm³/mol. The lowest BCUT2D eigenvalue weighted by molar-refractivity contribution is 0.352. The maximum absolute atomic E-state index is 6.10. The SMILES string of the molecule is C/C=C/CCNCc1cc(Cl)cc2c1OCC2. The quantitative estimate of drug-likeness (QED) is 0.640. The van der Waals surface area contributed by atoms with Crippen molar-refractivity contribution in [2.45, 2.75) is 26.3 Å². The number of benzene rings is 1. The summed E-state index contributed by atoms with van der Waals surface area (Å²) in [6, 6.07) is 4.00. The first-order chi connectivity index (χ1) is 8.31. The van der Waals surface area contributed by atoms with Gasteiger partial charge in [0.05, 0.1) is 6.61 Å². The van der Waals surface area contributed by atoms with Gasteiger partial charge in [0.25, 0.3) is 0 Å². The van der Waals surface area contributed by atoms with Gasteiger partial charge in [0.15, 0.2) is 0 Å². The van der Waals surface area contributed by atoms with Crippen molar-refractivity contribution >= 4 is 11.6 Å². The van der Waals surface area contributed by atoms with Gasteiger partial charge in [0, 0.05) is 23.6 Å². The topological polar surface area (TPSA) is 21.3 Å². The second-order valence-electron chi connectivity index (χ2n) is 4.19. The molecule has 2 nitrogen and oxygen atoms in total. The summed E-state index contributed by atoms with van der Waals surface area (Å²) in [4.78, 5) is 0. The molecule has 1 heterocycles. The Kier molecular flexibility index (Phi) is 4.46. The molecule has 3 heteroatoms. The van der Waals surface area contributed by atoms with Gasteiger partial charge in [-0.15, -0.1) is 0 Å². The van der Waals surface area contributed by atoms with Crippen LogP contribution >= 0.6 is 11.6 Å². The van der Waals surface area contributed by atoms with Gasteiger partial charge in [-0.25, -0.2) is 0 Å². The second-order valence-corrected chi connectivity index (χ2v) is 4.62. The molecule has 17 heavy (non-hydrogen) atoms. The first-order valence-electron chi connectivity index (χ1n) is 6.07. The highest BCUT2D eigenvalue weighted by Crippen LogP contribution is 2.32. The molecule has 1 aromatic carbocycles. The Balaban J connectivity index is 1.96. The summed E-state index contributed by atoms with van der Waals surface area (Å²) < 4.78 is 5.65. The fraction of sp³-hybridized carbons (Fsp3) is 0.429. The van der Waals surface area contributed by atoms with Gasteiger partial charge < -0.3 is 10.1 Å². The minimum atomic E-state index is 0.779. The highest BCUT2D eigenvalue weighted by molar-refractivity contribution is 6.30. The van der Waals surface area contributed by atoms with E-state index in [9.17, 15) is 0 Å². The van der Waals surface area contributed by atoms with E-state index in [4.69, 9.17) is 16.3 Å². The van der Waals surface area contributed by atoms with Crippen LogP contribution in [0.1, 0.15) is 24.5 Å². The zero-order chi connectivity index (χ0) is 12.1. The van der Waals surface area contributed by atoms with Crippen LogP contribution in [0.25, 0.3) is 0 Å². The van der Waals surface area contributed by atoms with Crippen molar-refractivity contribution in [3.05, 3.63) is 40.4 Å². The van der Waals surface area contributed by atoms with Crippen LogP contribution in [-0.4, -0.2) is 13.2 Å². The van der Waals surface area contributed by atoms with Gasteiger partial charge in [-0.05, 0) is 37.6 Å². The van der Waals surface area contributed by atoms with E-state index in [1.165, 1.54) is 11.1 Å². The molecule has 1 aliphatic rings. The summed E-state index contributed by atoms with van der Waals surface area (Å²) in [5, 5.41) is 4.21. The molecule has 1 N–H and O–H groups in total. The Morgan fingerprint density at radius 2 is 2.35 bits per heavy atom. The molecule has 0 saturated heterocycles. The Bertz CT molecular complexity index is 415. The molecular formula is C14H18ClNO. The van der Waals surface area contributed by atoms with Crippen molar-refractivity contribution in [1.29, 1.82) is 0 Å². The zero-order valence-corrected chi connectivity index (χ0v) is 10.9. The van der Waals surface area contributed by atoms with E-state index in [1.807, 2.05) is 19.1 Å². The molecule has 0 radical (unpaired) electrons. The molecule has 1 aliphatic heterocycles. The fourth-order valence-electron chi connectivity index (χ4n) is 2.05. The van der Waals surface area contributed by atoms with Crippen molar-refractivity contribution < 1.29 is 4.74 Å². The van der Waals surface area contributed by atoms with Gasteiger partial charge in [-0.3, -0.25) is 0 Å². The third-order valence-corrected chi connectivity index (χ3v) is 3.08. The van der Waals surface area contributed by atoms with E-state index < -0.39 is 0 Å². The molecular weight excluding hydrogens is 234 g/mol. The Morgan fingerprint density at radius 3 is 3.18 bits per heavy atom. The van der Waals surface area contributed by atoms with Crippen LogP contribution in [0.3, 0.4) is 0 Å². The van der Waals surface area contributed by atoms with E-state index in [1.54, 1.807) is 0 Å². The molecule has 0 saturated carbocycles. The average molecular weight is 252 g/mol. The number of nitrogens with one attached hydrogen (secondary N) is 1. The van der Waals surface area contributed by atoms with Gasteiger partial charge in [-0.2, -0.15) is 0 Å². The van der Waals surface area contributed by atoms with Gasteiger partial charge in [-0.1, -0.05) is 23.8 Å². The fourth-order valence-corrected chi connectivity index (χ4v) is 2.32. The lowest BCUT2D eigenvalue weighted by Gasteiger charge is -2.09. The number of halogens is 1. The standard InChI is InChI=1S/C14H18ClNO/c1-2-3-4-6-16-10-12-9-13(15)8-11-5-7-17-14(11)12/h2-3,8-9,16H,4-7,10H2,1H3/b3-2+. The molecule has 1 aromatic rings. The third-order valence-electron chi connectivity index (χ3n) is 2.86. The molecule has 2 rings (SSSR count). The number of hydrogen-bond donors (Lipinski definition) is 1. The van der Waals surface area contributed by atoms with Crippen LogP contribution in [0, 0.1) is 0 Å². The molecule has 0 atom stereocenters. The maximum Gasteiger partial charge on any atom is 0.127 e. The Labute approximate surface area is 108 Å². The van der Waals surface area contributed by atoms with Crippen LogP contribution < -0.4 is 10.1 Å². The van der Waals surface area contributed by atoms with Crippen LogP contribution in [0.5, 0.6) is 5.75 Å². The minimum Gasteiger partial charge on any atom is -0.493 e. The van der Waals surface area contributed by atoms with Crippen molar-refractivity contribution in [3.63, 3.8) is 0 Å². The molecule has 92 valence electrons. The number of fused-ring (bicyclic) bond motifs is 1. The second kappa shape index (κ2) is 6.08. The van der Waals surface area contributed by atoms with Crippen LogP contribution in [0.2, 0.25) is 5.02 Å². The summed E-state index contributed by atoms with van der Waals surface area (Å²) in [6.07, 6.45) is 6.26. The van der Waals surface area contributed by atoms with E-state index in [0.717, 1.165) is 43.3 Å². The van der Waals surface area contributed by atoms with E-state index in [0.29, 0.717) is 0 Å². The first kappa shape index (κ1) is 12.5. The van der Waals surface area contributed by atoms with E-state index >= 15 is 0 Å². The number of hydrogen-bond acceptors (Lipinski definition) is 2. The minimum absolute atomic E-state index is 0.779. The lowest BCUT2D eigenvalue weighted by Crippen LogP contribution is -2.14. The van der Waals surface area contributed by atoms with Crippen molar-refractivity contribution in [2.75, 3.05) is 13.2 Å². The summed E-state index contributed by atoms with van der Waals surface area (Å²) in [7, 11) is 0. The molecule has 0 aromatic heterocycles. The van der Waals surface area contributed by atoms with Crippen molar-refractivity contribution in [3.8, 4) is 5.75 Å². The maximum atomic E-state index is 6.10. The van der Waals surface area contributed by atoms with E-state index in [2.05, 4.69) is 17.5 Å². The first-order valence-corrected chi connectivity index (χ1v) is 6.45. The molecule has 0 spiro atoms. The number of allylic oxidation sites excluding steroid dienone is 1. The van der Waals surface area contributed by atoms with Crippen molar-refractivity contribution in [2.24, 2.45) is 0 Å². The molecule has 0 aliphatic carbocycles. The van der Waals surface area contributed by atoms with Gasteiger partial charge in [0.2, 0.25) is 0 Å². The molecule has 0 fully saturated rings.